The summed E-state index contributed by atoms with van der Waals surface area (Å²) in [7, 11) is 0. The number of hydrogen-bond acceptors (Lipinski definition) is 3. The van der Waals surface area contributed by atoms with E-state index in [0.29, 0.717) is 19.5 Å². The van der Waals surface area contributed by atoms with Crippen LogP contribution in [0.25, 0.3) is 0 Å². The van der Waals surface area contributed by atoms with Crippen LogP contribution in [-0.2, 0) is 9.59 Å². The monoisotopic (exact) mass is 241 g/mol. The van der Waals surface area contributed by atoms with Crippen molar-refractivity contribution in [3.8, 4) is 0 Å². The molecule has 0 aromatic carbocycles. The Kier molecular flexibility index (Phi) is 5.97. The maximum absolute atomic E-state index is 11.8. The van der Waals surface area contributed by atoms with Crippen molar-refractivity contribution in [2.45, 2.75) is 45.1 Å². The van der Waals surface area contributed by atoms with Crippen LogP contribution in [0.4, 0.5) is 0 Å². The van der Waals surface area contributed by atoms with Gasteiger partial charge in [0.15, 0.2) is 0 Å². The van der Waals surface area contributed by atoms with Gasteiger partial charge >= 0.3 is 0 Å². The van der Waals surface area contributed by atoms with Gasteiger partial charge in [0.25, 0.3) is 0 Å². The lowest BCUT2D eigenvalue weighted by molar-refractivity contribution is -0.134. The summed E-state index contributed by atoms with van der Waals surface area (Å²) in [6.45, 7) is 4.10. The smallest absolute Gasteiger partial charge is 0.223 e. The van der Waals surface area contributed by atoms with Crippen molar-refractivity contribution in [1.29, 1.82) is 0 Å². The summed E-state index contributed by atoms with van der Waals surface area (Å²) in [4.78, 5) is 24.9. The van der Waals surface area contributed by atoms with E-state index in [0.717, 1.165) is 25.8 Å². The zero-order valence-corrected chi connectivity index (χ0v) is 10.6. The molecule has 17 heavy (non-hydrogen) atoms. The fraction of sp³-hybridized carbons (Fsp3) is 0.833. The number of rotatable bonds is 5. The van der Waals surface area contributed by atoms with Crippen LogP contribution in [0.3, 0.4) is 0 Å². The van der Waals surface area contributed by atoms with Crippen LogP contribution >= 0.6 is 0 Å². The summed E-state index contributed by atoms with van der Waals surface area (Å²) in [5.41, 5.74) is 5.81. The maximum Gasteiger partial charge on any atom is 0.223 e. The molecular formula is C12H23N3O2. The van der Waals surface area contributed by atoms with Crippen molar-refractivity contribution in [2.75, 3.05) is 19.6 Å². The quantitative estimate of drug-likeness (QED) is 0.724. The van der Waals surface area contributed by atoms with E-state index in [1.165, 1.54) is 0 Å². The number of nitrogens with one attached hydrogen (secondary N) is 1. The predicted molar refractivity (Wildman–Crippen MR) is 66.3 cm³/mol. The summed E-state index contributed by atoms with van der Waals surface area (Å²) < 4.78 is 0. The number of likely N-dealkylation sites (tertiary alicyclic amines) is 1. The molecule has 0 spiro atoms. The lowest BCUT2D eigenvalue weighted by Gasteiger charge is -2.30. The second-order valence-electron chi connectivity index (χ2n) is 4.59. The van der Waals surface area contributed by atoms with Crippen LogP contribution in [0.5, 0.6) is 0 Å². The zero-order valence-electron chi connectivity index (χ0n) is 10.6. The van der Waals surface area contributed by atoms with Crippen molar-refractivity contribution in [1.82, 2.24) is 10.2 Å². The van der Waals surface area contributed by atoms with E-state index < -0.39 is 0 Å². The molecule has 0 bridgehead atoms. The molecule has 1 aliphatic heterocycles. The van der Waals surface area contributed by atoms with E-state index in [4.69, 9.17) is 5.73 Å². The summed E-state index contributed by atoms with van der Waals surface area (Å²) >= 11 is 0. The van der Waals surface area contributed by atoms with Crippen LogP contribution in [0.2, 0.25) is 0 Å². The van der Waals surface area contributed by atoms with E-state index in [9.17, 15) is 9.59 Å². The van der Waals surface area contributed by atoms with Crippen LogP contribution in [0.1, 0.15) is 39.0 Å². The Bertz CT molecular complexity index is 268. The predicted octanol–water partition coefficient (Wildman–Crippen LogP) is 0.243. The molecule has 1 rings (SSSR count). The first kappa shape index (κ1) is 14.0. The third-order valence-corrected chi connectivity index (χ3v) is 2.95. The van der Waals surface area contributed by atoms with Gasteiger partial charge < -0.3 is 16.0 Å². The summed E-state index contributed by atoms with van der Waals surface area (Å²) in [6.07, 6.45) is 3.45. The van der Waals surface area contributed by atoms with Crippen molar-refractivity contribution >= 4 is 11.8 Å². The third-order valence-electron chi connectivity index (χ3n) is 2.95. The molecule has 0 aliphatic carbocycles. The second kappa shape index (κ2) is 7.27. The van der Waals surface area contributed by atoms with Crippen LogP contribution in [0, 0.1) is 0 Å². The maximum atomic E-state index is 11.8. The molecule has 1 atom stereocenters. The number of nitrogens with two attached hydrogens (primary N) is 1. The van der Waals surface area contributed by atoms with Crippen LogP contribution < -0.4 is 11.1 Å². The number of hydrogen-bond donors (Lipinski definition) is 2. The highest BCUT2D eigenvalue weighted by Crippen LogP contribution is 2.10. The number of nitrogens with zero attached hydrogens (tertiary/aromatic N) is 1. The molecule has 0 radical (unpaired) electrons. The minimum absolute atomic E-state index is 0.0403. The lowest BCUT2D eigenvalue weighted by atomic mass is 10.1. The second-order valence-corrected chi connectivity index (χ2v) is 4.59. The minimum atomic E-state index is -0.0403. The highest BCUT2D eigenvalue weighted by molar-refractivity contribution is 5.83. The zero-order chi connectivity index (χ0) is 12.7. The molecule has 1 aliphatic rings. The molecule has 2 amide bonds. The first-order valence-corrected chi connectivity index (χ1v) is 6.43. The molecule has 3 N–H and O–H groups in total. The average Bonchev–Trinajstić information content (AvgIpc) is 2.33. The molecule has 5 heteroatoms. The first-order valence-electron chi connectivity index (χ1n) is 6.43. The van der Waals surface area contributed by atoms with E-state index in [-0.39, 0.29) is 24.3 Å². The van der Waals surface area contributed by atoms with Crippen LogP contribution in [0.15, 0.2) is 0 Å². The van der Waals surface area contributed by atoms with Crippen molar-refractivity contribution in [3.05, 3.63) is 0 Å². The van der Waals surface area contributed by atoms with Gasteiger partial charge in [-0.1, -0.05) is 6.92 Å². The van der Waals surface area contributed by atoms with E-state index in [1.807, 2.05) is 6.92 Å². The van der Waals surface area contributed by atoms with Crippen molar-refractivity contribution in [3.63, 3.8) is 0 Å². The number of amides is 2. The third kappa shape index (κ3) is 5.17. The summed E-state index contributed by atoms with van der Waals surface area (Å²) in [5.74, 6) is 0.00769. The van der Waals surface area contributed by atoms with Gasteiger partial charge in [-0.15, -0.1) is 0 Å². The number of carbonyl (C=O) groups is 2. The Labute approximate surface area is 103 Å². The van der Waals surface area contributed by atoms with Gasteiger partial charge in [-0.2, -0.15) is 0 Å². The van der Waals surface area contributed by atoms with Gasteiger partial charge in [0.1, 0.15) is 0 Å². The largest absolute Gasteiger partial charge is 0.356 e. The summed E-state index contributed by atoms with van der Waals surface area (Å²) in [5, 5.41) is 2.77. The molecule has 0 aromatic heterocycles. The number of piperidine rings is 1. The minimum Gasteiger partial charge on any atom is -0.356 e. The topological polar surface area (TPSA) is 75.4 Å². The molecule has 1 unspecified atom stereocenters. The molecule has 1 saturated heterocycles. The Hall–Kier alpha value is -1.10. The standard InChI is InChI=1S/C12H23N3O2/c1-2-7-14-11(16)5-6-12(17)15-8-3-4-10(13)9-15/h10H,2-9,13H2,1H3,(H,14,16). The number of carbonyl (C=O) groups excluding carboxylic acids is 2. The molecule has 0 saturated carbocycles. The normalized spacial score (nSPS) is 20.1. The van der Waals surface area contributed by atoms with E-state index >= 15 is 0 Å². The Balaban J connectivity index is 2.22. The van der Waals surface area contributed by atoms with Gasteiger partial charge in [0.05, 0.1) is 0 Å². The Morgan fingerprint density at radius 2 is 2.18 bits per heavy atom. The molecule has 1 heterocycles. The fourth-order valence-electron chi connectivity index (χ4n) is 1.97. The highest BCUT2D eigenvalue weighted by Gasteiger charge is 2.21. The van der Waals surface area contributed by atoms with Gasteiger partial charge in [-0.05, 0) is 19.3 Å². The lowest BCUT2D eigenvalue weighted by Crippen LogP contribution is -2.45. The van der Waals surface area contributed by atoms with E-state index in [2.05, 4.69) is 5.32 Å². The van der Waals surface area contributed by atoms with Gasteiger partial charge in [-0.25, -0.2) is 0 Å². The van der Waals surface area contributed by atoms with Gasteiger partial charge in [0, 0.05) is 38.5 Å². The van der Waals surface area contributed by atoms with E-state index in [1.54, 1.807) is 4.90 Å². The first-order chi connectivity index (χ1) is 8.13. The Morgan fingerprint density at radius 1 is 1.41 bits per heavy atom. The van der Waals surface area contributed by atoms with Gasteiger partial charge in [0.2, 0.25) is 11.8 Å². The highest BCUT2D eigenvalue weighted by atomic mass is 16.2. The van der Waals surface area contributed by atoms with Crippen molar-refractivity contribution in [2.24, 2.45) is 5.73 Å². The van der Waals surface area contributed by atoms with Gasteiger partial charge in [-0.3, -0.25) is 9.59 Å². The molecule has 1 fully saturated rings. The summed E-state index contributed by atoms with van der Waals surface area (Å²) in [6, 6.07) is 0.0987. The molecule has 98 valence electrons. The SMILES string of the molecule is CCCNC(=O)CCC(=O)N1CCCC(N)C1. The average molecular weight is 241 g/mol. The fourth-order valence-corrected chi connectivity index (χ4v) is 1.97. The molecular weight excluding hydrogens is 218 g/mol. The molecule has 0 aromatic rings. The van der Waals surface area contributed by atoms with Crippen molar-refractivity contribution < 1.29 is 9.59 Å². The Morgan fingerprint density at radius 3 is 2.82 bits per heavy atom. The van der Waals surface area contributed by atoms with Crippen LogP contribution in [-0.4, -0.2) is 42.4 Å². The molecule has 5 nitrogen and oxygen atoms in total.